The average Bonchev–Trinajstić information content (AvgIpc) is 3.94. The van der Waals surface area contributed by atoms with Crippen LogP contribution in [0.5, 0.6) is 0 Å². The summed E-state index contributed by atoms with van der Waals surface area (Å²) in [5.74, 6) is 2.59. The van der Waals surface area contributed by atoms with E-state index in [4.69, 9.17) is 19.9 Å². The first-order valence-electron chi connectivity index (χ1n) is 27.6. The van der Waals surface area contributed by atoms with Crippen molar-refractivity contribution < 1.29 is 0 Å². The van der Waals surface area contributed by atoms with Crippen molar-refractivity contribution in [2.75, 3.05) is 6.54 Å². The van der Waals surface area contributed by atoms with Gasteiger partial charge in [0.15, 0.2) is 17.5 Å². The first kappa shape index (κ1) is 57.4. The molecule has 1 fully saturated rings. The molecule has 0 N–H and O–H groups in total. The molecule has 78 heavy (non-hydrogen) atoms. The third kappa shape index (κ3) is 13.1. The second-order valence-electron chi connectivity index (χ2n) is 18.4. The Morgan fingerprint density at radius 1 is 0.833 bits per heavy atom. The van der Waals surface area contributed by atoms with Crippen LogP contribution in [0, 0.1) is 0 Å². The number of thiophene rings is 1. The average molecular weight is 1050 g/mol. The van der Waals surface area contributed by atoms with Crippen LogP contribution in [0.3, 0.4) is 0 Å². The van der Waals surface area contributed by atoms with Gasteiger partial charge in [0, 0.05) is 61.4 Å². The molecule has 0 radical (unpaired) electrons. The number of hydrogen-bond acceptors (Lipinski definition) is 6. The maximum Gasteiger partial charge on any atom is 0.164 e. The summed E-state index contributed by atoms with van der Waals surface area (Å²) in [6.45, 7) is 32.2. The van der Waals surface area contributed by atoms with Gasteiger partial charge >= 0.3 is 0 Å². The maximum atomic E-state index is 5.39. The van der Waals surface area contributed by atoms with E-state index in [0.717, 1.165) is 88.4 Å². The van der Waals surface area contributed by atoms with E-state index in [1.54, 1.807) is 6.08 Å². The molecule has 5 heterocycles. The van der Waals surface area contributed by atoms with Gasteiger partial charge in [-0.25, -0.2) is 15.0 Å². The molecule has 6 nitrogen and oxygen atoms in total. The van der Waals surface area contributed by atoms with Gasteiger partial charge in [-0.3, -0.25) is 9.89 Å². The molecule has 7 heteroatoms. The Labute approximate surface area is 469 Å². The first-order chi connectivity index (χ1) is 38.3. The van der Waals surface area contributed by atoms with Crippen LogP contribution in [0.4, 0.5) is 0 Å². The molecule has 3 aromatic heterocycles. The number of hydrogen-bond donors (Lipinski definition) is 0. The summed E-state index contributed by atoms with van der Waals surface area (Å²) < 4.78 is 3.66. The van der Waals surface area contributed by atoms with Gasteiger partial charge in [-0.05, 0) is 128 Å². The number of fused-ring (bicyclic) bond motifs is 7. The zero-order chi connectivity index (χ0) is 55.4. The van der Waals surface area contributed by atoms with E-state index in [-0.39, 0.29) is 0 Å². The van der Waals surface area contributed by atoms with Crippen LogP contribution in [-0.2, 0) is 12.8 Å². The fourth-order valence-corrected chi connectivity index (χ4v) is 11.1. The Morgan fingerprint density at radius 2 is 1.64 bits per heavy atom. The summed E-state index contributed by atoms with van der Waals surface area (Å²) in [5.41, 5.74) is 12.9. The maximum absolute atomic E-state index is 5.39. The number of allylic oxidation sites excluding steroid dienone is 27. The van der Waals surface area contributed by atoms with Gasteiger partial charge in [0.1, 0.15) is 5.84 Å². The molecule has 0 unspecified atom stereocenters. The Bertz CT molecular complexity index is 3590. The van der Waals surface area contributed by atoms with Gasteiger partial charge in [0.25, 0.3) is 0 Å². The molecule has 396 valence electrons. The highest BCUT2D eigenvalue weighted by Gasteiger charge is 2.32. The van der Waals surface area contributed by atoms with E-state index in [1.165, 1.54) is 42.4 Å². The van der Waals surface area contributed by atoms with E-state index in [1.807, 2.05) is 81.6 Å². The highest BCUT2D eigenvalue weighted by Crippen LogP contribution is 2.41. The molecule has 0 amide bonds. The van der Waals surface area contributed by atoms with Crippen molar-refractivity contribution in [2.24, 2.45) is 4.99 Å². The van der Waals surface area contributed by atoms with Crippen LogP contribution in [0.2, 0.25) is 0 Å². The zero-order valence-electron chi connectivity index (χ0n) is 47.0. The van der Waals surface area contributed by atoms with Crippen molar-refractivity contribution in [1.82, 2.24) is 24.4 Å². The molecule has 0 atom stereocenters. The fraction of sp³-hybridized carbons (Fsp3) is 0.211. The van der Waals surface area contributed by atoms with Gasteiger partial charge in [0.05, 0.1) is 12.2 Å². The van der Waals surface area contributed by atoms with E-state index in [2.05, 4.69) is 196 Å². The van der Waals surface area contributed by atoms with Crippen molar-refractivity contribution >= 4 is 80.1 Å². The minimum absolute atomic E-state index is 0.510. The summed E-state index contributed by atoms with van der Waals surface area (Å²) in [5, 5.41) is 3.55. The van der Waals surface area contributed by atoms with E-state index < -0.39 is 0 Å². The topological polar surface area (TPSA) is 59.2 Å². The minimum Gasteiger partial charge on any atom is -0.310 e. The highest BCUT2D eigenvalue weighted by molar-refractivity contribution is 7.19. The molecule has 8 rings (SSSR count). The van der Waals surface area contributed by atoms with Crippen LogP contribution < -0.4 is 10.6 Å². The lowest BCUT2D eigenvalue weighted by Crippen LogP contribution is -2.35. The van der Waals surface area contributed by atoms with Crippen LogP contribution >= 0.6 is 11.3 Å². The molecule has 0 spiro atoms. The zero-order valence-corrected chi connectivity index (χ0v) is 47.8. The van der Waals surface area contributed by atoms with Crippen LogP contribution in [-0.4, -0.2) is 36.8 Å². The Balaban J connectivity index is 0.00000436. The van der Waals surface area contributed by atoms with Gasteiger partial charge < -0.3 is 4.57 Å². The number of piperidine rings is 1. The lowest BCUT2D eigenvalue weighted by molar-refractivity contribution is 0.611. The molecular formula is C71H76N6S. The molecule has 0 saturated carbocycles. The number of aromatic nitrogens is 4. The van der Waals surface area contributed by atoms with Gasteiger partial charge in [0.2, 0.25) is 0 Å². The number of benzene rings is 1. The van der Waals surface area contributed by atoms with E-state index >= 15 is 0 Å². The summed E-state index contributed by atoms with van der Waals surface area (Å²) >= 11 is 1.89. The largest absolute Gasteiger partial charge is 0.310 e. The Kier molecular flexibility index (Phi) is 21.2. The number of aliphatic imine (C=N–C) groups is 1. The Morgan fingerprint density at radius 3 is 2.40 bits per heavy atom. The van der Waals surface area contributed by atoms with Gasteiger partial charge in [-0.2, -0.15) is 0 Å². The van der Waals surface area contributed by atoms with Crippen LogP contribution in [0.1, 0.15) is 125 Å². The van der Waals surface area contributed by atoms with E-state index in [9.17, 15) is 0 Å². The lowest BCUT2D eigenvalue weighted by Gasteiger charge is -2.36. The Hall–Kier alpha value is -8.26. The summed E-state index contributed by atoms with van der Waals surface area (Å²) in [7, 11) is 0. The molecular weight excluding hydrogens is 969 g/mol. The third-order valence-corrected chi connectivity index (χ3v) is 14.8. The van der Waals surface area contributed by atoms with Crippen LogP contribution in [0.25, 0.3) is 62.9 Å². The normalized spacial score (nSPS) is 18.5. The third-order valence-electron chi connectivity index (χ3n) is 13.5. The molecule has 4 aliphatic rings. The predicted molar refractivity (Wildman–Crippen MR) is 344 cm³/mol. The quantitative estimate of drug-likeness (QED) is 0.0829. The molecule has 2 aliphatic heterocycles. The van der Waals surface area contributed by atoms with Crippen LogP contribution in [0.15, 0.2) is 212 Å². The molecule has 4 aromatic rings. The summed E-state index contributed by atoms with van der Waals surface area (Å²) in [6, 6.07) is 6.66. The molecule has 2 aliphatic carbocycles. The molecule has 1 saturated heterocycles. The monoisotopic (exact) mass is 1040 g/mol. The standard InChI is InChI=1S/C69H70N6S.C2H6/c1-10-18-25-33-52(16-7)68-72-65(71-67(73-68)51(15-6)32-19-11-2)45-43-54(34-20-12-3)75-62(38-21-13-4)56(17-8)58-44-41-53-47-55(74-49(9)31-26-24-29-46-70-69(74)61(53)48-63(58)75)42-40-50(14-5)57-36-30-37-60-59-35-27-22-23-28-39-64(59)76-66(57)60;1-2/h11-14,16-20,23-38,40-43,45,48H,4-5,7,9-10,15,21-22,39,44,46-47H2,1-3,6,8H3;1-2H3/b19-11-,20-12-,25-18-,28-23-,29-24-,31-26-,35-27?,45-43+,50-40+,51-32+,52-33+,54-34+,55-42+,56-17-,62-38?,70-69?;. The summed E-state index contributed by atoms with van der Waals surface area (Å²) in [4.78, 5) is 24.2. The second kappa shape index (κ2) is 28.8. The van der Waals surface area contributed by atoms with Gasteiger partial charge in [-0.15, -0.1) is 17.9 Å². The summed E-state index contributed by atoms with van der Waals surface area (Å²) in [6.07, 6.45) is 65.2. The smallest absolute Gasteiger partial charge is 0.164 e. The van der Waals surface area contributed by atoms with Gasteiger partial charge in [-0.1, -0.05) is 199 Å². The van der Waals surface area contributed by atoms with Crippen molar-refractivity contribution in [3.8, 4) is 0 Å². The van der Waals surface area contributed by atoms with Crippen molar-refractivity contribution in [2.45, 2.75) is 93.4 Å². The second-order valence-corrected chi connectivity index (χ2v) is 19.5. The highest BCUT2D eigenvalue weighted by atomic mass is 32.1. The first-order valence-corrected chi connectivity index (χ1v) is 28.4. The minimum atomic E-state index is 0.510. The SMILES string of the molecule is C=CCC=c1/c(=C\C)c2c(n1C(/C=C/c1nc(/C(C=C)=C/C=C\CC)nc(/C(=C/C=C\C)CC)n1)=C/C=C\C)C=C1C(=CC2)C/C(=C\C=C(/C=C)c2cccc3c4c(sc23)C/C=C\CC=C4)N2C(=C)/C=C\C=C/CN=C12.CC. The number of amidine groups is 1. The van der Waals surface area contributed by atoms with Crippen molar-refractivity contribution in [3.05, 3.63) is 262 Å². The van der Waals surface area contributed by atoms with Crippen molar-refractivity contribution in [1.29, 1.82) is 0 Å². The lowest BCUT2D eigenvalue weighted by atomic mass is 9.92. The fourth-order valence-electron chi connectivity index (χ4n) is 9.80. The van der Waals surface area contributed by atoms with E-state index in [0.29, 0.717) is 36.9 Å². The molecule has 0 bridgehead atoms. The molecule has 1 aromatic carbocycles. The number of rotatable bonds is 16. The van der Waals surface area contributed by atoms with Crippen molar-refractivity contribution in [3.63, 3.8) is 0 Å². The number of nitrogens with zero attached hydrogens (tertiary/aromatic N) is 6. The predicted octanol–water partition coefficient (Wildman–Crippen LogP) is 17.4.